The molecule has 148 valence electrons. The van der Waals surface area contributed by atoms with E-state index in [0.29, 0.717) is 5.56 Å². The molecule has 3 aromatic rings. The van der Waals surface area contributed by atoms with Crippen molar-refractivity contribution >= 4 is 33.3 Å². The molecule has 2 aromatic carbocycles. The zero-order valence-corrected chi connectivity index (χ0v) is 17.8. The Morgan fingerprint density at radius 2 is 1.66 bits per heavy atom. The highest BCUT2D eigenvalue weighted by atomic mass is 79.9. The molecule has 1 aliphatic rings. The first-order chi connectivity index (χ1) is 14.1. The van der Waals surface area contributed by atoms with Gasteiger partial charge in [0.1, 0.15) is 0 Å². The molecular formula is C22H22BrN5O. The Hall–Kier alpha value is -2.77. The maximum atomic E-state index is 12.4. The van der Waals surface area contributed by atoms with Crippen LogP contribution < -0.4 is 10.2 Å². The normalized spacial score (nSPS) is 14.6. The van der Waals surface area contributed by atoms with Crippen molar-refractivity contribution in [1.29, 1.82) is 0 Å². The first kappa shape index (κ1) is 19.5. The number of anilines is 2. The molecule has 1 saturated heterocycles. The molecule has 0 aliphatic carbocycles. The van der Waals surface area contributed by atoms with Crippen LogP contribution in [0.5, 0.6) is 0 Å². The highest BCUT2D eigenvalue weighted by molar-refractivity contribution is 9.10. The highest BCUT2D eigenvalue weighted by Crippen LogP contribution is 2.22. The summed E-state index contributed by atoms with van der Waals surface area (Å²) in [6.07, 6.45) is 0. The van der Waals surface area contributed by atoms with Gasteiger partial charge in [-0.1, -0.05) is 24.3 Å². The van der Waals surface area contributed by atoms with Crippen LogP contribution in [0.25, 0.3) is 11.3 Å². The third-order valence-corrected chi connectivity index (χ3v) is 5.73. The fourth-order valence-electron chi connectivity index (χ4n) is 3.25. The fourth-order valence-corrected chi connectivity index (χ4v) is 3.72. The smallest absolute Gasteiger partial charge is 0.256 e. The molecule has 1 fully saturated rings. The third-order valence-electron chi connectivity index (χ3n) is 5.03. The number of carbonyl (C=O) groups excluding carboxylic acids is 1. The van der Waals surface area contributed by atoms with Gasteiger partial charge < -0.3 is 15.1 Å². The molecule has 1 amide bonds. The largest absolute Gasteiger partial charge is 0.353 e. The van der Waals surface area contributed by atoms with Gasteiger partial charge in [-0.3, -0.25) is 4.79 Å². The van der Waals surface area contributed by atoms with Crippen LogP contribution in [0, 0.1) is 0 Å². The lowest BCUT2D eigenvalue weighted by Crippen LogP contribution is -2.44. The van der Waals surface area contributed by atoms with E-state index in [9.17, 15) is 4.79 Å². The number of carbonyl (C=O) groups is 1. The van der Waals surface area contributed by atoms with E-state index in [1.54, 1.807) is 6.07 Å². The van der Waals surface area contributed by atoms with E-state index in [2.05, 4.69) is 48.3 Å². The Morgan fingerprint density at radius 1 is 0.931 bits per heavy atom. The number of amides is 1. The fraction of sp³-hybridized carbons (Fsp3) is 0.227. The summed E-state index contributed by atoms with van der Waals surface area (Å²) in [4.78, 5) is 17.0. The van der Waals surface area contributed by atoms with E-state index >= 15 is 0 Å². The number of hydrogen-bond donors (Lipinski definition) is 1. The average molecular weight is 452 g/mol. The second-order valence-electron chi connectivity index (χ2n) is 7.08. The van der Waals surface area contributed by atoms with Crippen LogP contribution in [-0.4, -0.2) is 54.2 Å². The van der Waals surface area contributed by atoms with Crippen LogP contribution in [0.4, 0.5) is 11.5 Å². The summed E-state index contributed by atoms with van der Waals surface area (Å²) in [6, 6.07) is 19.0. The third kappa shape index (κ3) is 4.63. The minimum Gasteiger partial charge on any atom is -0.353 e. The summed E-state index contributed by atoms with van der Waals surface area (Å²) in [6.45, 7) is 4.01. The molecule has 4 rings (SSSR count). The van der Waals surface area contributed by atoms with E-state index in [0.717, 1.165) is 53.4 Å². The van der Waals surface area contributed by atoms with Crippen molar-refractivity contribution in [2.45, 2.75) is 0 Å². The number of aromatic nitrogens is 2. The Bertz CT molecular complexity index is 983. The summed E-state index contributed by atoms with van der Waals surface area (Å²) in [5, 5.41) is 11.7. The van der Waals surface area contributed by atoms with Crippen molar-refractivity contribution in [2.75, 3.05) is 43.4 Å². The summed E-state index contributed by atoms with van der Waals surface area (Å²) in [5.41, 5.74) is 3.10. The van der Waals surface area contributed by atoms with Gasteiger partial charge in [-0.25, -0.2) is 0 Å². The Kier molecular flexibility index (Phi) is 5.87. The Balaban J connectivity index is 1.42. The molecule has 1 aromatic heterocycles. The number of rotatable bonds is 4. The lowest BCUT2D eigenvalue weighted by molar-refractivity contribution is 0.102. The molecule has 0 saturated carbocycles. The Morgan fingerprint density at radius 3 is 2.31 bits per heavy atom. The molecule has 29 heavy (non-hydrogen) atoms. The second-order valence-corrected chi connectivity index (χ2v) is 7.93. The SMILES string of the molecule is CN1CCN(c2ccc(-c3ccc(NC(=O)c4ccccc4Br)cc3)nn2)CC1. The first-order valence-electron chi connectivity index (χ1n) is 9.54. The predicted octanol–water partition coefficient (Wildman–Crippen LogP) is 3.91. The summed E-state index contributed by atoms with van der Waals surface area (Å²) < 4.78 is 0.768. The van der Waals surface area contributed by atoms with Crippen LogP contribution in [0.2, 0.25) is 0 Å². The number of nitrogens with zero attached hydrogens (tertiary/aromatic N) is 4. The van der Waals surface area contributed by atoms with Crippen LogP contribution in [0.1, 0.15) is 10.4 Å². The summed E-state index contributed by atoms with van der Waals surface area (Å²) in [7, 11) is 2.14. The van der Waals surface area contributed by atoms with Gasteiger partial charge in [-0.2, -0.15) is 0 Å². The van der Waals surface area contributed by atoms with Crippen LogP contribution >= 0.6 is 15.9 Å². The second kappa shape index (κ2) is 8.71. The van der Waals surface area contributed by atoms with Gasteiger partial charge >= 0.3 is 0 Å². The van der Waals surface area contributed by atoms with Crippen molar-refractivity contribution in [3.8, 4) is 11.3 Å². The molecule has 7 heteroatoms. The van der Waals surface area contributed by atoms with Crippen LogP contribution in [0.3, 0.4) is 0 Å². The molecule has 1 aliphatic heterocycles. The van der Waals surface area contributed by atoms with E-state index in [-0.39, 0.29) is 5.91 Å². The summed E-state index contributed by atoms with van der Waals surface area (Å²) >= 11 is 3.41. The molecule has 0 radical (unpaired) electrons. The average Bonchev–Trinajstić information content (AvgIpc) is 2.75. The first-order valence-corrected chi connectivity index (χ1v) is 10.3. The van der Waals surface area contributed by atoms with Crippen molar-refractivity contribution in [3.63, 3.8) is 0 Å². The minimum absolute atomic E-state index is 0.151. The van der Waals surface area contributed by atoms with Gasteiger partial charge in [0.2, 0.25) is 0 Å². The molecule has 1 N–H and O–H groups in total. The number of likely N-dealkylation sites (N-methyl/N-ethyl adjacent to an activating group) is 1. The molecule has 0 atom stereocenters. The van der Waals surface area contributed by atoms with Crippen LogP contribution in [0.15, 0.2) is 65.1 Å². The maximum Gasteiger partial charge on any atom is 0.256 e. The quantitative estimate of drug-likeness (QED) is 0.651. The molecular weight excluding hydrogens is 430 g/mol. The Labute approximate surface area is 178 Å². The predicted molar refractivity (Wildman–Crippen MR) is 119 cm³/mol. The monoisotopic (exact) mass is 451 g/mol. The molecule has 0 bridgehead atoms. The van der Waals surface area contributed by atoms with Gasteiger partial charge in [-0.05, 0) is 59.4 Å². The lowest BCUT2D eigenvalue weighted by atomic mass is 10.1. The minimum atomic E-state index is -0.151. The number of benzene rings is 2. The highest BCUT2D eigenvalue weighted by Gasteiger charge is 2.16. The molecule has 0 unspecified atom stereocenters. The number of halogens is 1. The molecule has 0 spiro atoms. The van der Waals surface area contributed by atoms with Gasteiger partial charge in [0.15, 0.2) is 5.82 Å². The van der Waals surface area contributed by atoms with Crippen molar-refractivity contribution in [1.82, 2.24) is 15.1 Å². The number of piperazine rings is 1. The zero-order chi connectivity index (χ0) is 20.2. The topological polar surface area (TPSA) is 61.4 Å². The lowest BCUT2D eigenvalue weighted by Gasteiger charge is -2.32. The molecule has 2 heterocycles. The van der Waals surface area contributed by atoms with Gasteiger partial charge in [-0.15, -0.1) is 10.2 Å². The number of hydrogen-bond acceptors (Lipinski definition) is 5. The van der Waals surface area contributed by atoms with Crippen molar-refractivity contribution in [2.24, 2.45) is 0 Å². The van der Waals surface area contributed by atoms with E-state index in [1.165, 1.54) is 0 Å². The zero-order valence-electron chi connectivity index (χ0n) is 16.2. The van der Waals surface area contributed by atoms with Gasteiger partial charge in [0.05, 0.1) is 11.3 Å². The standard InChI is InChI=1S/C22H22BrN5O/c1-27-12-14-28(15-13-27)21-11-10-20(25-26-21)16-6-8-17(9-7-16)24-22(29)18-4-2-3-5-19(18)23/h2-11H,12-15H2,1H3,(H,24,29). The van der Waals surface area contributed by atoms with Crippen LogP contribution in [-0.2, 0) is 0 Å². The maximum absolute atomic E-state index is 12.4. The van der Waals surface area contributed by atoms with E-state index < -0.39 is 0 Å². The van der Waals surface area contributed by atoms with E-state index in [1.807, 2.05) is 54.6 Å². The van der Waals surface area contributed by atoms with Gasteiger partial charge in [0, 0.05) is 41.9 Å². The van der Waals surface area contributed by atoms with E-state index in [4.69, 9.17) is 0 Å². The van der Waals surface area contributed by atoms with Crippen molar-refractivity contribution < 1.29 is 4.79 Å². The summed E-state index contributed by atoms with van der Waals surface area (Å²) in [5.74, 6) is 0.765. The number of nitrogens with one attached hydrogen (secondary N) is 1. The van der Waals surface area contributed by atoms with Crippen molar-refractivity contribution in [3.05, 3.63) is 70.7 Å². The van der Waals surface area contributed by atoms with Gasteiger partial charge in [0.25, 0.3) is 5.91 Å². The molecule has 6 nitrogen and oxygen atoms in total.